The summed E-state index contributed by atoms with van der Waals surface area (Å²) in [6, 6.07) is 3.73. The van der Waals surface area contributed by atoms with Crippen LogP contribution in [0.3, 0.4) is 0 Å². The zero-order chi connectivity index (χ0) is 32.0. The van der Waals surface area contributed by atoms with Crippen LogP contribution in [0.1, 0.15) is 30.3 Å². The van der Waals surface area contributed by atoms with E-state index in [-0.39, 0.29) is 18.8 Å². The maximum absolute atomic E-state index is 6.46. The van der Waals surface area contributed by atoms with Crippen molar-refractivity contribution < 1.29 is 18.9 Å². The van der Waals surface area contributed by atoms with Crippen LogP contribution in [-0.4, -0.2) is 55.6 Å². The summed E-state index contributed by atoms with van der Waals surface area (Å²) in [6.07, 6.45) is 19.2. The minimum atomic E-state index is -0.302. The fraction of sp³-hybridized carbons (Fsp3) is 0.257. The Hall–Kier alpha value is -4.90. The number of allylic oxidation sites excluding steroid dienone is 5. The average Bonchev–Trinajstić information content (AvgIpc) is 3.87. The second kappa shape index (κ2) is 16.8. The fourth-order valence-corrected chi connectivity index (χ4v) is 4.62. The molecule has 1 aromatic heterocycles. The normalized spacial score (nSPS) is 20.6. The quantitative estimate of drug-likeness (QED) is 0.0963. The first-order valence-corrected chi connectivity index (χ1v) is 14.8. The Labute approximate surface area is 265 Å². The summed E-state index contributed by atoms with van der Waals surface area (Å²) in [5.41, 5.74) is 17.2. The van der Waals surface area contributed by atoms with Crippen LogP contribution in [0.2, 0.25) is 0 Å². The minimum Gasteiger partial charge on any atom is -0.485 e. The Kier molecular flexibility index (Phi) is 12.3. The predicted molar refractivity (Wildman–Crippen MR) is 181 cm³/mol. The van der Waals surface area contributed by atoms with Gasteiger partial charge in [0.05, 0.1) is 24.2 Å². The number of nitrogens with one attached hydrogen (secondary N) is 2. The van der Waals surface area contributed by atoms with Crippen LogP contribution < -0.4 is 16.8 Å². The maximum atomic E-state index is 6.46. The first-order chi connectivity index (χ1) is 22.0. The number of aliphatic imine (C=N–C) groups is 2. The first kappa shape index (κ1) is 33.0. The Morgan fingerprint density at radius 3 is 2.02 bits per heavy atom. The van der Waals surface area contributed by atoms with Crippen molar-refractivity contribution in [3.63, 3.8) is 0 Å². The molecule has 0 aliphatic carbocycles. The molecule has 236 valence electrons. The van der Waals surface area contributed by atoms with Gasteiger partial charge >= 0.3 is 0 Å². The third kappa shape index (κ3) is 8.82. The van der Waals surface area contributed by atoms with Gasteiger partial charge < -0.3 is 40.7 Å². The van der Waals surface area contributed by atoms with E-state index in [0.29, 0.717) is 66.5 Å². The first-order valence-electron chi connectivity index (χ1n) is 14.8. The third-order valence-corrected chi connectivity index (χ3v) is 6.68. The van der Waals surface area contributed by atoms with Gasteiger partial charge in [-0.15, -0.1) is 6.58 Å². The average molecular weight is 611 g/mol. The molecule has 4 rings (SSSR count). The summed E-state index contributed by atoms with van der Waals surface area (Å²) in [7, 11) is 0. The minimum absolute atomic E-state index is 0.180. The van der Waals surface area contributed by atoms with E-state index in [0.717, 1.165) is 29.9 Å². The van der Waals surface area contributed by atoms with E-state index < -0.39 is 0 Å². The summed E-state index contributed by atoms with van der Waals surface area (Å²) in [4.78, 5) is 13.1. The summed E-state index contributed by atoms with van der Waals surface area (Å²) in [5, 5.41) is 3.18. The molecule has 3 aliphatic rings. The van der Waals surface area contributed by atoms with Crippen molar-refractivity contribution in [1.82, 2.24) is 10.3 Å². The number of rotatable bonds is 19. The van der Waals surface area contributed by atoms with Crippen LogP contribution in [0.25, 0.3) is 5.76 Å². The van der Waals surface area contributed by atoms with Crippen molar-refractivity contribution in [1.29, 1.82) is 0 Å². The van der Waals surface area contributed by atoms with Crippen molar-refractivity contribution in [3.05, 3.63) is 139 Å². The topological polar surface area (TPSA) is 142 Å². The van der Waals surface area contributed by atoms with Gasteiger partial charge in [0, 0.05) is 18.3 Å². The molecule has 3 aliphatic heterocycles. The SMILES string of the molecule is C=CCOCCC[C@H](N)c1ccc(/C(OCC=C)=C2/C=CC(C(/OCC=C)=C3/C=CC(C(/OCC=C)=C4/C=CC(N)N4)=N3)=N2)[nH]1. The highest BCUT2D eigenvalue weighted by Gasteiger charge is 2.24. The Morgan fingerprint density at radius 2 is 1.40 bits per heavy atom. The van der Waals surface area contributed by atoms with E-state index in [1.807, 2.05) is 48.6 Å². The van der Waals surface area contributed by atoms with E-state index in [9.17, 15) is 0 Å². The highest BCUT2D eigenvalue weighted by molar-refractivity contribution is 6.14. The highest BCUT2D eigenvalue weighted by Crippen LogP contribution is 2.30. The van der Waals surface area contributed by atoms with Crippen molar-refractivity contribution in [3.8, 4) is 0 Å². The lowest BCUT2D eigenvalue weighted by Crippen LogP contribution is -2.31. The molecule has 6 N–H and O–H groups in total. The number of aromatic nitrogens is 1. The van der Waals surface area contributed by atoms with Crippen LogP contribution in [0.5, 0.6) is 0 Å². The number of hydrogen-bond acceptors (Lipinski definition) is 9. The van der Waals surface area contributed by atoms with Gasteiger partial charge in [0.25, 0.3) is 0 Å². The molecule has 45 heavy (non-hydrogen) atoms. The van der Waals surface area contributed by atoms with Gasteiger partial charge in [0.1, 0.15) is 42.6 Å². The van der Waals surface area contributed by atoms with Crippen LogP contribution in [0, 0.1) is 0 Å². The zero-order valence-electron chi connectivity index (χ0n) is 25.5. The molecule has 0 saturated heterocycles. The third-order valence-electron chi connectivity index (χ3n) is 6.68. The lowest BCUT2D eigenvalue weighted by molar-refractivity contribution is 0.156. The second-order valence-electron chi connectivity index (χ2n) is 10.1. The number of aromatic amines is 1. The van der Waals surface area contributed by atoms with E-state index in [4.69, 9.17) is 40.4 Å². The molecular formula is C35H42N6O4. The molecule has 1 aromatic rings. The zero-order valence-corrected chi connectivity index (χ0v) is 25.5. The maximum Gasteiger partial charge on any atom is 0.170 e. The van der Waals surface area contributed by atoms with Crippen LogP contribution >= 0.6 is 0 Å². The molecule has 0 bridgehead atoms. The van der Waals surface area contributed by atoms with E-state index >= 15 is 0 Å². The van der Waals surface area contributed by atoms with Crippen molar-refractivity contribution in [2.24, 2.45) is 21.5 Å². The van der Waals surface area contributed by atoms with Gasteiger partial charge in [0.15, 0.2) is 17.3 Å². The largest absolute Gasteiger partial charge is 0.485 e. The van der Waals surface area contributed by atoms with E-state index in [2.05, 4.69) is 36.6 Å². The van der Waals surface area contributed by atoms with Crippen molar-refractivity contribution in [2.75, 3.05) is 33.0 Å². The monoisotopic (exact) mass is 610 g/mol. The van der Waals surface area contributed by atoms with Gasteiger partial charge in [-0.3, -0.25) is 0 Å². The highest BCUT2D eigenvalue weighted by atomic mass is 16.5. The molecule has 0 spiro atoms. The second-order valence-corrected chi connectivity index (χ2v) is 10.1. The molecule has 0 radical (unpaired) electrons. The molecule has 1 unspecified atom stereocenters. The standard InChI is InChI=1S/C35H42N6O4/c1-5-19-42-23-9-10-24(36)25-11-12-26(38-25)33(43-20-6-2)27-13-14-28(39-27)34(44-21-7-3)29-15-16-30(40-29)35(45-22-8-4)31-17-18-32(37)41-31/h5-8,11-18,24,32,38,41H,1-4,9-10,19-23,36-37H2/b33-27+,34-29+,35-31+/t24-,32?/m0/s1. The summed E-state index contributed by atoms with van der Waals surface area (Å²) in [6.45, 7) is 17.0. The predicted octanol–water partition coefficient (Wildman–Crippen LogP) is 5.16. The fourth-order valence-electron chi connectivity index (χ4n) is 4.62. The van der Waals surface area contributed by atoms with Gasteiger partial charge in [-0.05, 0) is 61.4 Å². The number of ether oxygens (including phenoxy) is 4. The molecule has 0 amide bonds. The van der Waals surface area contributed by atoms with Crippen molar-refractivity contribution >= 4 is 17.2 Å². The Balaban J connectivity index is 1.64. The molecule has 0 fully saturated rings. The molecule has 0 aromatic carbocycles. The Bertz CT molecular complexity index is 1520. The smallest absolute Gasteiger partial charge is 0.170 e. The van der Waals surface area contributed by atoms with Crippen LogP contribution in [0.15, 0.2) is 138 Å². The summed E-state index contributed by atoms with van der Waals surface area (Å²) in [5.74, 6) is 1.61. The van der Waals surface area contributed by atoms with E-state index in [1.54, 1.807) is 24.3 Å². The lowest BCUT2D eigenvalue weighted by atomic mass is 10.1. The van der Waals surface area contributed by atoms with Crippen LogP contribution in [-0.2, 0) is 18.9 Å². The molecule has 0 saturated carbocycles. The molecule has 4 heterocycles. The van der Waals surface area contributed by atoms with Gasteiger partial charge in [-0.2, -0.15) is 0 Å². The molecule has 10 heteroatoms. The lowest BCUT2D eigenvalue weighted by Gasteiger charge is -2.13. The molecule has 2 atom stereocenters. The summed E-state index contributed by atoms with van der Waals surface area (Å²) >= 11 is 0. The van der Waals surface area contributed by atoms with Crippen LogP contribution in [0.4, 0.5) is 0 Å². The number of hydrogen-bond donors (Lipinski definition) is 4. The summed E-state index contributed by atoms with van der Waals surface area (Å²) < 4.78 is 23.6. The number of nitrogens with two attached hydrogens (primary N) is 2. The molecular weight excluding hydrogens is 568 g/mol. The van der Waals surface area contributed by atoms with Gasteiger partial charge in [-0.25, -0.2) is 9.98 Å². The van der Waals surface area contributed by atoms with E-state index in [1.165, 1.54) is 0 Å². The number of H-pyrrole nitrogens is 1. The Morgan fingerprint density at radius 1 is 0.800 bits per heavy atom. The van der Waals surface area contributed by atoms with Crippen molar-refractivity contribution in [2.45, 2.75) is 25.0 Å². The van der Waals surface area contributed by atoms with Gasteiger partial charge in [-0.1, -0.05) is 44.0 Å². The molecule has 10 nitrogen and oxygen atoms in total. The van der Waals surface area contributed by atoms with Gasteiger partial charge in [0.2, 0.25) is 0 Å². The number of nitrogens with zero attached hydrogens (tertiary/aromatic N) is 2.